The molecule has 0 aliphatic carbocycles. The van der Waals surface area contributed by atoms with Crippen LogP contribution in [0.1, 0.15) is 18.0 Å². The zero-order valence-electron chi connectivity index (χ0n) is 6.54. The van der Waals surface area contributed by atoms with Crippen LogP contribution in [0.15, 0.2) is 16.8 Å². The Kier molecular flexibility index (Phi) is 4.74. The standard InChI is InChI=1S/C7H8F3NS.ClH/c8-7(9,10)3-6(11)5-1-2-12-4-5;/h1-2,4,6H,3,11H2;1H/t6-;/m1./s1. The monoisotopic (exact) mass is 231 g/mol. The van der Waals surface area contributed by atoms with Crippen molar-refractivity contribution in [3.05, 3.63) is 22.4 Å². The van der Waals surface area contributed by atoms with Crippen LogP contribution >= 0.6 is 23.7 Å². The minimum atomic E-state index is -4.18. The van der Waals surface area contributed by atoms with Crippen LogP contribution in [0, 0.1) is 0 Å². The van der Waals surface area contributed by atoms with Crippen LogP contribution in [-0.2, 0) is 0 Å². The molecule has 0 amide bonds. The first-order valence-electron chi connectivity index (χ1n) is 3.33. The van der Waals surface area contributed by atoms with E-state index < -0.39 is 18.6 Å². The van der Waals surface area contributed by atoms with Crippen molar-refractivity contribution in [2.45, 2.75) is 18.6 Å². The minimum Gasteiger partial charge on any atom is -0.324 e. The molecule has 1 aromatic heterocycles. The number of hydrogen-bond acceptors (Lipinski definition) is 2. The molecule has 2 N–H and O–H groups in total. The van der Waals surface area contributed by atoms with E-state index in [1.807, 2.05) is 0 Å². The second-order valence-electron chi connectivity index (χ2n) is 2.48. The number of alkyl halides is 3. The van der Waals surface area contributed by atoms with Crippen LogP contribution in [0.25, 0.3) is 0 Å². The molecule has 1 nitrogen and oxygen atoms in total. The Hall–Kier alpha value is -0.260. The van der Waals surface area contributed by atoms with Crippen molar-refractivity contribution in [1.82, 2.24) is 0 Å². The van der Waals surface area contributed by atoms with Crippen molar-refractivity contribution < 1.29 is 13.2 Å². The molecule has 0 radical (unpaired) electrons. The molecule has 0 unspecified atom stereocenters. The molecule has 0 aromatic carbocycles. The first-order valence-corrected chi connectivity index (χ1v) is 4.28. The third-order valence-electron chi connectivity index (χ3n) is 1.42. The molecule has 0 spiro atoms. The van der Waals surface area contributed by atoms with Crippen LogP contribution in [-0.4, -0.2) is 6.18 Å². The predicted molar refractivity (Wildman–Crippen MR) is 49.2 cm³/mol. The van der Waals surface area contributed by atoms with Gasteiger partial charge in [0.25, 0.3) is 0 Å². The maximum atomic E-state index is 11.8. The Morgan fingerprint density at radius 2 is 2.08 bits per heavy atom. The molecule has 0 saturated heterocycles. The van der Waals surface area contributed by atoms with Crippen molar-refractivity contribution in [2.24, 2.45) is 5.73 Å². The second-order valence-corrected chi connectivity index (χ2v) is 3.26. The highest BCUT2D eigenvalue weighted by Crippen LogP contribution is 2.28. The molecule has 1 aromatic rings. The summed E-state index contributed by atoms with van der Waals surface area (Å²) in [4.78, 5) is 0. The lowest BCUT2D eigenvalue weighted by atomic mass is 10.1. The van der Waals surface area contributed by atoms with Crippen molar-refractivity contribution in [3.8, 4) is 0 Å². The summed E-state index contributed by atoms with van der Waals surface area (Å²) in [5.74, 6) is 0. The minimum absolute atomic E-state index is 0. The predicted octanol–water partition coefficient (Wildman–Crippen LogP) is 3.12. The van der Waals surface area contributed by atoms with E-state index in [4.69, 9.17) is 5.73 Å². The first-order chi connectivity index (χ1) is 5.49. The number of nitrogens with two attached hydrogens (primary N) is 1. The van der Waals surface area contributed by atoms with Gasteiger partial charge in [-0.2, -0.15) is 24.5 Å². The molecule has 0 bridgehead atoms. The topological polar surface area (TPSA) is 26.0 Å². The van der Waals surface area contributed by atoms with E-state index in [0.717, 1.165) is 0 Å². The molecular formula is C7H9ClF3NS. The van der Waals surface area contributed by atoms with E-state index in [9.17, 15) is 13.2 Å². The Bertz CT molecular complexity index is 234. The lowest BCUT2D eigenvalue weighted by Crippen LogP contribution is -2.19. The fourth-order valence-electron chi connectivity index (χ4n) is 0.853. The quantitative estimate of drug-likeness (QED) is 0.832. The molecule has 13 heavy (non-hydrogen) atoms. The average Bonchev–Trinajstić information content (AvgIpc) is 2.32. The van der Waals surface area contributed by atoms with E-state index in [0.29, 0.717) is 5.56 Å². The first kappa shape index (κ1) is 12.7. The average molecular weight is 232 g/mol. The van der Waals surface area contributed by atoms with E-state index >= 15 is 0 Å². The summed E-state index contributed by atoms with van der Waals surface area (Å²) >= 11 is 1.35. The normalized spacial score (nSPS) is 13.5. The summed E-state index contributed by atoms with van der Waals surface area (Å²) in [5.41, 5.74) is 5.87. The van der Waals surface area contributed by atoms with Gasteiger partial charge in [0.15, 0.2) is 0 Å². The van der Waals surface area contributed by atoms with Crippen LogP contribution in [0.5, 0.6) is 0 Å². The van der Waals surface area contributed by atoms with Crippen LogP contribution in [0.4, 0.5) is 13.2 Å². The van der Waals surface area contributed by atoms with Crippen LogP contribution < -0.4 is 5.73 Å². The lowest BCUT2D eigenvalue weighted by molar-refractivity contribution is -0.138. The maximum Gasteiger partial charge on any atom is 0.390 e. The zero-order chi connectivity index (χ0) is 9.19. The molecule has 0 aliphatic heterocycles. The van der Waals surface area contributed by atoms with Gasteiger partial charge in [-0.05, 0) is 22.4 Å². The summed E-state index contributed by atoms with van der Waals surface area (Å²) < 4.78 is 35.5. The van der Waals surface area contributed by atoms with Crippen molar-refractivity contribution >= 4 is 23.7 Å². The van der Waals surface area contributed by atoms with Gasteiger partial charge in [-0.1, -0.05) is 0 Å². The van der Waals surface area contributed by atoms with Gasteiger partial charge < -0.3 is 5.73 Å². The smallest absolute Gasteiger partial charge is 0.324 e. The van der Waals surface area contributed by atoms with Crippen molar-refractivity contribution in [3.63, 3.8) is 0 Å². The third-order valence-corrected chi connectivity index (χ3v) is 2.12. The second kappa shape index (κ2) is 4.83. The highest BCUT2D eigenvalue weighted by atomic mass is 35.5. The zero-order valence-corrected chi connectivity index (χ0v) is 8.18. The molecule has 76 valence electrons. The third kappa shape index (κ3) is 4.50. The fourth-order valence-corrected chi connectivity index (χ4v) is 1.58. The van der Waals surface area contributed by atoms with Gasteiger partial charge in [-0.25, -0.2) is 0 Å². The molecule has 0 fully saturated rings. The van der Waals surface area contributed by atoms with Gasteiger partial charge in [0.05, 0.1) is 6.42 Å². The number of thiophene rings is 1. The van der Waals surface area contributed by atoms with Crippen molar-refractivity contribution in [2.75, 3.05) is 0 Å². The SMILES string of the molecule is Cl.N[C@H](CC(F)(F)F)c1ccsc1. The number of halogens is 4. The summed E-state index contributed by atoms with van der Waals surface area (Å²) in [7, 11) is 0. The molecule has 6 heteroatoms. The molecule has 1 rings (SSSR count). The molecule has 1 atom stereocenters. The van der Waals surface area contributed by atoms with Crippen molar-refractivity contribution in [1.29, 1.82) is 0 Å². The summed E-state index contributed by atoms with van der Waals surface area (Å²) in [6, 6.07) is 0.692. The molecule has 0 aliphatic rings. The van der Waals surface area contributed by atoms with Crippen LogP contribution in [0.3, 0.4) is 0 Å². The number of hydrogen-bond donors (Lipinski definition) is 1. The Morgan fingerprint density at radius 3 is 2.46 bits per heavy atom. The van der Waals surface area contributed by atoms with Crippen LogP contribution in [0.2, 0.25) is 0 Å². The van der Waals surface area contributed by atoms with E-state index in [-0.39, 0.29) is 12.4 Å². The van der Waals surface area contributed by atoms with Gasteiger partial charge in [0, 0.05) is 6.04 Å². The Morgan fingerprint density at radius 1 is 1.46 bits per heavy atom. The largest absolute Gasteiger partial charge is 0.390 e. The number of rotatable bonds is 2. The molecule has 0 saturated carbocycles. The lowest BCUT2D eigenvalue weighted by Gasteiger charge is -2.12. The Labute approximate surface area is 84.2 Å². The molecular weight excluding hydrogens is 223 g/mol. The highest BCUT2D eigenvalue weighted by molar-refractivity contribution is 7.07. The summed E-state index contributed by atoms with van der Waals surface area (Å²) in [5, 5.41) is 3.35. The van der Waals surface area contributed by atoms with Gasteiger partial charge in [-0.15, -0.1) is 12.4 Å². The van der Waals surface area contributed by atoms with Gasteiger partial charge >= 0.3 is 6.18 Å². The summed E-state index contributed by atoms with van der Waals surface area (Å²) in [6.45, 7) is 0. The van der Waals surface area contributed by atoms with E-state index in [1.165, 1.54) is 11.3 Å². The maximum absolute atomic E-state index is 11.8. The van der Waals surface area contributed by atoms with Gasteiger partial charge in [0.1, 0.15) is 0 Å². The van der Waals surface area contributed by atoms with E-state index in [1.54, 1.807) is 16.8 Å². The molecule has 1 heterocycles. The highest BCUT2D eigenvalue weighted by Gasteiger charge is 2.30. The van der Waals surface area contributed by atoms with Gasteiger partial charge in [0.2, 0.25) is 0 Å². The summed E-state index contributed by atoms with van der Waals surface area (Å²) in [6.07, 6.45) is -5.13. The fraction of sp³-hybridized carbons (Fsp3) is 0.429. The van der Waals surface area contributed by atoms with Gasteiger partial charge in [-0.3, -0.25) is 0 Å². The Balaban J connectivity index is 0.00000144. The van der Waals surface area contributed by atoms with E-state index in [2.05, 4.69) is 0 Å².